The van der Waals surface area contributed by atoms with E-state index in [0.29, 0.717) is 12.6 Å². The van der Waals surface area contributed by atoms with Gasteiger partial charge < -0.3 is 10.2 Å². The normalized spacial score (nSPS) is 16.4. The Balaban J connectivity index is 2.07. The summed E-state index contributed by atoms with van der Waals surface area (Å²) >= 11 is 0. The summed E-state index contributed by atoms with van der Waals surface area (Å²) < 4.78 is 14.2. The molecule has 1 saturated carbocycles. The number of halogens is 1. The molecule has 0 amide bonds. The van der Waals surface area contributed by atoms with Gasteiger partial charge >= 0.3 is 0 Å². The van der Waals surface area contributed by atoms with Gasteiger partial charge in [0.05, 0.1) is 0 Å². The van der Waals surface area contributed by atoms with Crippen molar-refractivity contribution in [1.82, 2.24) is 5.32 Å². The summed E-state index contributed by atoms with van der Waals surface area (Å²) in [6.07, 6.45) is 6.72. The quantitative estimate of drug-likeness (QED) is 0.839. The van der Waals surface area contributed by atoms with Gasteiger partial charge in [0, 0.05) is 37.4 Å². The van der Waals surface area contributed by atoms with Crippen LogP contribution in [0.15, 0.2) is 18.2 Å². The van der Waals surface area contributed by atoms with Crippen LogP contribution in [0.1, 0.15) is 51.5 Å². The van der Waals surface area contributed by atoms with Gasteiger partial charge in [-0.1, -0.05) is 39.2 Å². The second-order valence-corrected chi connectivity index (χ2v) is 6.66. The second kappa shape index (κ2) is 7.79. The molecule has 3 heteroatoms. The van der Waals surface area contributed by atoms with E-state index in [4.69, 9.17) is 0 Å². The summed E-state index contributed by atoms with van der Waals surface area (Å²) in [6, 6.07) is 5.79. The van der Waals surface area contributed by atoms with Crippen molar-refractivity contribution < 1.29 is 4.39 Å². The summed E-state index contributed by atoms with van der Waals surface area (Å²) in [7, 11) is 2.10. The minimum absolute atomic E-state index is 0.101. The first-order chi connectivity index (χ1) is 10.1. The zero-order valence-corrected chi connectivity index (χ0v) is 13.7. The predicted octanol–water partition coefficient (Wildman–Crippen LogP) is 4.34. The third-order valence-corrected chi connectivity index (χ3v) is 4.45. The molecule has 0 aliphatic heterocycles. The molecule has 1 aliphatic carbocycles. The molecule has 1 fully saturated rings. The van der Waals surface area contributed by atoms with Crippen molar-refractivity contribution in [3.63, 3.8) is 0 Å². The van der Waals surface area contributed by atoms with Gasteiger partial charge in [-0.05, 0) is 30.9 Å². The van der Waals surface area contributed by atoms with E-state index in [1.54, 1.807) is 6.07 Å². The van der Waals surface area contributed by atoms with Gasteiger partial charge in [0.2, 0.25) is 0 Å². The highest BCUT2D eigenvalue weighted by molar-refractivity contribution is 5.53. The average molecular weight is 292 g/mol. The fraction of sp³-hybridized carbons (Fsp3) is 0.667. The first-order valence-corrected chi connectivity index (χ1v) is 8.30. The Kier molecular flexibility index (Phi) is 6.04. The number of nitrogens with zero attached hydrogens (tertiary/aromatic N) is 1. The molecule has 0 heterocycles. The number of nitrogens with one attached hydrogen (secondary N) is 1. The van der Waals surface area contributed by atoms with E-state index in [1.807, 2.05) is 12.1 Å². The molecule has 1 aliphatic rings. The molecule has 0 radical (unpaired) electrons. The zero-order valence-electron chi connectivity index (χ0n) is 13.7. The summed E-state index contributed by atoms with van der Waals surface area (Å²) in [5, 5.41) is 3.33. The van der Waals surface area contributed by atoms with Crippen LogP contribution in [0, 0.1) is 11.7 Å². The molecule has 1 N–H and O–H groups in total. The van der Waals surface area contributed by atoms with Gasteiger partial charge in [0.25, 0.3) is 0 Å². The summed E-state index contributed by atoms with van der Waals surface area (Å²) in [5.41, 5.74) is 1.83. The molecule has 0 aromatic heterocycles. The Labute approximate surface area is 128 Å². The van der Waals surface area contributed by atoms with Crippen LogP contribution in [0.25, 0.3) is 0 Å². The molecule has 0 unspecified atom stereocenters. The van der Waals surface area contributed by atoms with E-state index in [0.717, 1.165) is 23.7 Å². The lowest BCUT2D eigenvalue weighted by Gasteiger charge is -2.30. The fourth-order valence-corrected chi connectivity index (χ4v) is 3.24. The zero-order chi connectivity index (χ0) is 15.2. The van der Waals surface area contributed by atoms with E-state index in [9.17, 15) is 4.39 Å². The number of hydrogen-bond donors (Lipinski definition) is 1. The van der Waals surface area contributed by atoms with Crippen molar-refractivity contribution in [2.75, 3.05) is 18.5 Å². The maximum atomic E-state index is 14.2. The third-order valence-electron chi connectivity index (χ3n) is 4.45. The minimum atomic E-state index is -0.101. The molecule has 21 heavy (non-hydrogen) atoms. The molecule has 2 nitrogen and oxygen atoms in total. The van der Waals surface area contributed by atoms with Crippen LogP contribution in [0.5, 0.6) is 0 Å². The first-order valence-electron chi connectivity index (χ1n) is 8.30. The lowest BCUT2D eigenvalue weighted by atomic mass is 9.89. The van der Waals surface area contributed by atoms with Crippen molar-refractivity contribution in [3.8, 4) is 0 Å². The smallest absolute Gasteiger partial charge is 0.129 e. The standard InChI is InChI=1S/C18H29FN2/c1-14(2)20-12-16-17(19)10-7-11-18(16)21(3)13-15-8-5-4-6-9-15/h7,10-11,14-15,20H,4-6,8-9,12-13H2,1-3H3. The molecular weight excluding hydrogens is 263 g/mol. The van der Waals surface area contributed by atoms with Gasteiger partial charge in [-0.2, -0.15) is 0 Å². The highest BCUT2D eigenvalue weighted by Gasteiger charge is 2.18. The molecule has 118 valence electrons. The minimum Gasteiger partial charge on any atom is -0.374 e. The number of anilines is 1. The second-order valence-electron chi connectivity index (χ2n) is 6.66. The largest absolute Gasteiger partial charge is 0.374 e. The maximum absolute atomic E-state index is 14.2. The van der Waals surface area contributed by atoms with E-state index in [2.05, 4.69) is 31.1 Å². The van der Waals surface area contributed by atoms with E-state index in [-0.39, 0.29) is 5.82 Å². The van der Waals surface area contributed by atoms with Gasteiger partial charge in [0.1, 0.15) is 5.82 Å². The van der Waals surface area contributed by atoms with Crippen LogP contribution in [0.3, 0.4) is 0 Å². The van der Waals surface area contributed by atoms with Crippen LogP contribution in [-0.4, -0.2) is 19.6 Å². The average Bonchev–Trinajstić information content (AvgIpc) is 2.46. The molecule has 0 atom stereocenters. The van der Waals surface area contributed by atoms with Crippen LogP contribution < -0.4 is 10.2 Å². The maximum Gasteiger partial charge on any atom is 0.129 e. The Morgan fingerprint density at radius 2 is 1.95 bits per heavy atom. The molecule has 1 aromatic carbocycles. The SMILES string of the molecule is CC(C)NCc1c(F)cccc1N(C)CC1CCCCC1. The lowest BCUT2D eigenvalue weighted by Crippen LogP contribution is -2.29. The van der Waals surface area contributed by atoms with Crippen molar-refractivity contribution in [1.29, 1.82) is 0 Å². The Morgan fingerprint density at radius 3 is 2.62 bits per heavy atom. The fourth-order valence-electron chi connectivity index (χ4n) is 3.24. The van der Waals surface area contributed by atoms with Crippen molar-refractivity contribution in [2.45, 2.75) is 58.5 Å². The Hall–Kier alpha value is -1.09. The van der Waals surface area contributed by atoms with Gasteiger partial charge in [-0.3, -0.25) is 0 Å². The van der Waals surface area contributed by atoms with Crippen LogP contribution >= 0.6 is 0 Å². The first kappa shape index (κ1) is 16.3. The highest BCUT2D eigenvalue weighted by atomic mass is 19.1. The highest BCUT2D eigenvalue weighted by Crippen LogP contribution is 2.28. The van der Waals surface area contributed by atoms with Gasteiger partial charge in [-0.15, -0.1) is 0 Å². The third kappa shape index (κ3) is 4.70. The molecule has 0 saturated heterocycles. The van der Waals surface area contributed by atoms with E-state index >= 15 is 0 Å². The van der Waals surface area contributed by atoms with Crippen molar-refractivity contribution >= 4 is 5.69 Å². The lowest BCUT2D eigenvalue weighted by molar-refractivity contribution is 0.362. The van der Waals surface area contributed by atoms with Crippen LogP contribution in [-0.2, 0) is 6.54 Å². The molecule has 2 rings (SSSR count). The van der Waals surface area contributed by atoms with Crippen molar-refractivity contribution in [3.05, 3.63) is 29.6 Å². The molecule has 0 spiro atoms. The summed E-state index contributed by atoms with van der Waals surface area (Å²) in [6.45, 7) is 5.81. The molecule has 0 bridgehead atoms. The summed E-state index contributed by atoms with van der Waals surface area (Å²) in [5.74, 6) is 0.661. The van der Waals surface area contributed by atoms with E-state index in [1.165, 1.54) is 32.1 Å². The topological polar surface area (TPSA) is 15.3 Å². The monoisotopic (exact) mass is 292 g/mol. The molecule has 1 aromatic rings. The number of hydrogen-bond acceptors (Lipinski definition) is 2. The Morgan fingerprint density at radius 1 is 1.24 bits per heavy atom. The van der Waals surface area contributed by atoms with Crippen LogP contribution in [0.4, 0.5) is 10.1 Å². The van der Waals surface area contributed by atoms with Crippen LogP contribution in [0.2, 0.25) is 0 Å². The Bertz CT molecular complexity index is 439. The predicted molar refractivity (Wildman–Crippen MR) is 88.2 cm³/mol. The molecular formula is C18H29FN2. The summed E-state index contributed by atoms with van der Waals surface area (Å²) in [4.78, 5) is 2.25. The number of rotatable bonds is 6. The van der Waals surface area contributed by atoms with Gasteiger partial charge in [0.15, 0.2) is 0 Å². The number of benzene rings is 1. The van der Waals surface area contributed by atoms with Gasteiger partial charge in [-0.25, -0.2) is 4.39 Å². The van der Waals surface area contributed by atoms with Crippen molar-refractivity contribution in [2.24, 2.45) is 5.92 Å². The van der Waals surface area contributed by atoms with E-state index < -0.39 is 0 Å².